The SMILES string of the molecule is COc1ccc(Cn2cc(N3CCN(C(=O)c4cc5nc(-c6ccc(Cl)c(F)c6)cc(C(C)(C)C)c5o4)C(C)(C)C3=O)c(C(=O)O)n2)cc1. The van der Waals surface area contributed by atoms with Crippen molar-refractivity contribution in [1.82, 2.24) is 19.7 Å². The Labute approximate surface area is 286 Å². The maximum absolute atomic E-state index is 14.3. The lowest BCUT2D eigenvalue weighted by molar-refractivity contribution is -0.129. The van der Waals surface area contributed by atoms with Crippen LogP contribution in [0.2, 0.25) is 5.02 Å². The fourth-order valence-corrected chi connectivity index (χ4v) is 6.11. The van der Waals surface area contributed by atoms with Gasteiger partial charge in [-0.3, -0.25) is 14.3 Å². The first kappa shape index (κ1) is 33.7. The standard InChI is InChI=1S/C36H35ClFN5O6/c1-35(2,3)23-16-26(21-9-12-24(37)25(38)15-21)39-27-17-29(49-31(23)27)32(44)43-14-13-42(34(47)36(43,4)5)28-19-41(40-30(28)33(45)46)18-20-7-10-22(48-6)11-8-20/h7-12,15-17,19H,13-14,18H2,1-6H3,(H,45,46). The number of aromatic carboxylic acids is 1. The number of carboxylic acids is 1. The number of rotatable bonds is 7. The van der Waals surface area contributed by atoms with Crippen LogP contribution in [0.3, 0.4) is 0 Å². The van der Waals surface area contributed by atoms with E-state index in [1.807, 2.05) is 39.0 Å². The topological polar surface area (TPSA) is 131 Å². The maximum atomic E-state index is 14.3. The van der Waals surface area contributed by atoms with E-state index in [0.29, 0.717) is 28.1 Å². The zero-order chi connectivity index (χ0) is 35.4. The third kappa shape index (κ3) is 6.24. The Balaban J connectivity index is 1.30. The van der Waals surface area contributed by atoms with E-state index in [0.717, 1.165) is 11.1 Å². The van der Waals surface area contributed by atoms with Crippen LogP contribution in [-0.4, -0.2) is 68.3 Å². The second kappa shape index (κ2) is 12.3. The first-order valence-electron chi connectivity index (χ1n) is 15.6. The molecule has 254 valence electrons. The summed E-state index contributed by atoms with van der Waals surface area (Å²) in [7, 11) is 1.57. The van der Waals surface area contributed by atoms with Crippen molar-refractivity contribution >= 4 is 46.2 Å². The van der Waals surface area contributed by atoms with Crippen LogP contribution in [0.25, 0.3) is 22.4 Å². The van der Waals surface area contributed by atoms with Gasteiger partial charge in [0.1, 0.15) is 22.6 Å². The van der Waals surface area contributed by atoms with Crippen molar-refractivity contribution in [3.05, 3.63) is 94.2 Å². The number of halogens is 2. The lowest BCUT2D eigenvalue weighted by Crippen LogP contribution is -2.64. The molecule has 6 rings (SSSR count). The molecule has 1 aliphatic heterocycles. The second-order valence-corrected chi connectivity index (χ2v) is 13.9. The van der Waals surface area contributed by atoms with E-state index >= 15 is 0 Å². The molecule has 0 atom stereocenters. The number of amides is 2. The number of carboxylic acid groups (broad SMARTS) is 1. The third-order valence-electron chi connectivity index (χ3n) is 8.69. The number of hydrogen-bond donors (Lipinski definition) is 1. The number of hydrogen-bond acceptors (Lipinski definition) is 7. The molecule has 49 heavy (non-hydrogen) atoms. The molecular formula is C36H35ClFN5O6. The molecule has 11 nitrogen and oxygen atoms in total. The van der Waals surface area contributed by atoms with E-state index in [9.17, 15) is 23.9 Å². The van der Waals surface area contributed by atoms with Crippen molar-refractivity contribution in [3.63, 3.8) is 0 Å². The number of anilines is 1. The van der Waals surface area contributed by atoms with Gasteiger partial charge < -0.3 is 24.1 Å². The Hall–Kier alpha value is -5.23. The highest BCUT2D eigenvalue weighted by atomic mass is 35.5. The highest BCUT2D eigenvalue weighted by molar-refractivity contribution is 6.30. The Morgan fingerprint density at radius 2 is 1.80 bits per heavy atom. The van der Waals surface area contributed by atoms with Crippen LogP contribution in [-0.2, 0) is 16.8 Å². The van der Waals surface area contributed by atoms with Crippen molar-refractivity contribution in [3.8, 4) is 17.0 Å². The van der Waals surface area contributed by atoms with Crippen molar-refractivity contribution in [1.29, 1.82) is 0 Å². The van der Waals surface area contributed by atoms with Gasteiger partial charge in [0.05, 0.1) is 36.3 Å². The fourth-order valence-electron chi connectivity index (χ4n) is 5.99. The molecule has 13 heteroatoms. The normalized spacial score (nSPS) is 14.8. The van der Waals surface area contributed by atoms with Crippen LogP contribution in [0.15, 0.2) is 65.2 Å². The number of aromatic nitrogens is 3. The minimum Gasteiger partial charge on any atom is -0.497 e. The number of carbonyl (C=O) groups is 3. The van der Waals surface area contributed by atoms with Crippen molar-refractivity contribution in [2.24, 2.45) is 0 Å². The smallest absolute Gasteiger partial charge is 0.358 e. The number of furan rings is 1. The molecule has 3 aromatic heterocycles. The van der Waals surface area contributed by atoms with Gasteiger partial charge >= 0.3 is 5.97 Å². The molecular weight excluding hydrogens is 653 g/mol. The number of nitrogens with zero attached hydrogens (tertiary/aromatic N) is 5. The summed E-state index contributed by atoms with van der Waals surface area (Å²) in [5.74, 6) is -2.19. The van der Waals surface area contributed by atoms with Crippen molar-refractivity contribution in [2.45, 2.75) is 52.1 Å². The van der Waals surface area contributed by atoms with Gasteiger partial charge in [-0.15, -0.1) is 0 Å². The summed E-state index contributed by atoms with van der Waals surface area (Å²) < 4.78 is 27.2. The van der Waals surface area contributed by atoms with E-state index < -0.39 is 34.6 Å². The average Bonchev–Trinajstić information content (AvgIpc) is 3.67. The average molecular weight is 688 g/mol. The molecule has 1 fully saturated rings. The Kier molecular flexibility index (Phi) is 8.48. The van der Waals surface area contributed by atoms with Gasteiger partial charge in [0.25, 0.3) is 11.8 Å². The van der Waals surface area contributed by atoms with Crippen LogP contribution in [0.4, 0.5) is 10.1 Å². The van der Waals surface area contributed by atoms with Gasteiger partial charge in [-0.2, -0.15) is 5.10 Å². The zero-order valence-corrected chi connectivity index (χ0v) is 28.6. The van der Waals surface area contributed by atoms with E-state index in [1.54, 1.807) is 39.2 Å². The van der Waals surface area contributed by atoms with Crippen molar-refractivity contribution < 1.29 is 33.0 Å². The maximum Gasteiger partial charge on any atom is 0.358 e. The van der Waals surface area contributed by atoms with Gasteiger partial charge in [-0.05, 0) is 55.2 Å². The van der Waals surface area contributed by atoms with Gasteiger partial charge in [0.15, 0.2) is 17.0 Å². The number of fused-ring (bicyclic) bond motifs is 1. The lowest BCUT2D eigenvalue weighted by Gasteiger charge is -2.45. The van der Waals surface area contributed by atoms with Crippen LogP contribution < -0.4 is 9.64 Å². The predicted molar refractivity (Wildman–Crippen MR) is 182 cm³/mol. The molecule has 0 radical (unpaired) electrons. The molecule has 1 aliphatic rings. The van der Waals surface area contributed by atoms with Crippen LogP contribution in [0.1, 0.15) is 66.8 Å². The monoisotopic (exact) mass is 687 g/mol. The lowest BCUT2D eigenvalue weighted by atomic mass is 9.86. The molecule has 0 unspecified atom stereocenters. The molecule has 0 spiro atoms. The number of carbonyl (C=O) groups excluding carboxylic acids is 2. The number of pyridine rings is 1. The Morgan fingerprint density at radius 1 is 1.08 bits per heavy atom. The first-order chi connectivity index (χ1) is 23.1. The number of methoxy groups -OCH3 is 1. The molecule has 4 heterocycles. The van der Waals surface area contributed by atoms with E-state index in [1.165, 1.54) is 38.9 Å². The summed E-state index contributed by atoms with van der Waals surface area (Å²) in [5, 5.41) is 14.2. The minimum atomic E-state index is -1.38. The summed E-state index contributed by atoms with van der Waals surface area (Å²) in [6.45, 7) is 9.57. The second-order valence-electron chi connectivity index (χ2n) is 13.4. The molecule has 5 aromatic rings. The Bertz CT molecular complexity index is 2110. The number of piperazine rings is 1. The van der Waals surface area contributed by atoms with Crippen LogP contribution in [0, 0.1) is 5.82 Å². The van der Waals surface area contributed by atoms with Crippen molar-refractivity contribution in [2.75, 3.05) is 25.1 Å². The fraction of sp³-hybridized carbons (Fsp3) is 0.306. The quantitative estimate of drug-likeness (QED) is 0.198. The summed E-state index contributed by atoms with van der Waals surface area (Å²) in [6.07, 6.45) is 1.53. The predicted octanol–water partition coefficient (Wildman–Crippen LogP) is 6.80. The molecule has 1 saturated heterocycles. The number of benzene rings is 2. The highest BCUT2D eigenvalue weighted by Crippen LogP contribution is 2.37. The van der Waals surface area contributed by atoms with Gasteiger partial charge in [0.2, 0.25) is 0 Å². The van der Waals surface area contributed by atoms with Crippen LogP contribution in [0.5, 0.6) is 5.75 Å². The summed E-state index contributed by atoms with van der Waals surface area (Å²) >= 11 is 5.90. The third-order valence-corrected chi connectivity index (χ3v) is 8.99. The van der Waals surface area contributed by atoms with Gasteiger partial charge in [-0.1, -0.05) is 50.6 Å². The first-order valence-corrected chi connectivity index (χ1v) is 15.9. The van der Waals surface area contributed by atoms with Gasteiger partial charge in [0, 0.05) is 30.3 Å². The largest absolute Gasteiger partial charge is 0.497 e. The van der Waals surface area contributed by atoms with E-state index in [-0.39, 0.29) is 41.8 Å². The molecule has 1 N–H and O–H groups in total. The molecule has 0 aliphatic carbocycles. The highest BCUT2D eigenvalue weighted by Gasteiger charge is 2.47. The summed E-state index contributed by atoms with van der Waals surface area (Å²) in [4.78, 5) is 47.8. The molecule has 0 saturated carbocycles. The Morgan fingerprint density at radius 3 is 2.43 bits per heavy atom. The molecule has 2 aromatic carbocycles. The van der Waals surface area contributed by atoms with Crippen LogP contribution >= 0.6 is 11.6 Å². The number of ether oxygens (including phenoxy) is 1. The zero-order valence-electron chi connectivity index (χ0n) is 27.9. The minimum absolute atomic E-state index is 0.00379. The molecule has 0 bridgehead atoms. The van der Waals surface area contributed by atoms with Gasteiger partial charge in [-0.25, -0.2) is 14.2 Å². The van der Waals surface area contributed by atoms with E-state index in [2.05, 4.69) is 10.1 Å². The summed E-state index contributed by atoms with van der Waals surface area (Å²) in [5.41, 5.74) is 1.48. The van der Waals surface area contributed by atoms with E-state index in [4.69, 9.17) is 20.8 Å². The summed E-state index contributed by atoms with van der Waals surface area (Å²) in [6, 6.07) is 15.1. The molecule has 2 amide bonds.